The number of halogens is 1. The van der Waals surface area contributed by atoms with E-state index in [1.165, 1.54) is 16.8 Å². The molecule has 1 atom stereocenters. The Morgan fingerprint density at radius 2 is 2.17 bits per heavy atom. The van der Waals surface area contributed by atoms with Gasteiger partial charge in [0.15, 0.2) is 0 Å². The molecule has 2 aromatic rings. The number of rotatable bonds is 2. The van der Waals surface area contributed by atoms with Crippen LogP contribution >= 0.6 is 0 Å². The molecule has 5 nitrogen and oxygen atoms in total. The molecular formula is C17H22FN3O2. The highest BCUT2D eigenvalue weighted by Crippen LogP contribution is 2.02. The largest absolute Gasteiger partial charge is 0.380 e. The van der Waals surface area contributed by atoms with E-state index in [4.69, 9.17) is 4.74 Å². The fraction of sp³-hybridized carbons (Fsp3) is 0.412. The van der Waals surface area contributed by atoms with E-state index in [1.54, 1.807) is 31.3 Å². The number of ether oxygens (including phenoxy) is 1. The molecule has 124 valence electrons. The van der Waals surface area contributed by atoms with Crippen molar-refractivity contribution in [2.45, 2.75) is 13.5 Å². The topological polar surface area (TPSA) is 56.2 Å². The average Bonchev–Trinajstić information content (AvgIpc) is 2.82. The second kappa shape index (κ2) is 9.17. The Kier molecular flexibility index (Phi) is 6.90. The highest BCUT2D eigenvalue weighted by molar-refractivity contribution is 5.14. The van der Waals surface area contributed by atoms with Crippen LogP contribution in [0.5, 0.6) is 0 Å². The lowest BCUT2D eigenvalue weighted by molar-refractivity contribution is 0.116. The van der Waals surface area contributed by atoms with E-state index in [0.29, 0.717) is 24.6 Å². The Labute approximate surface area is 135 Å². The molecular weight excluding hydrogens is 297 g/mol. The highest BCUT2D eigenvalue weighted by Gasteiger charge is 2.13. The quantitative estimate of drug-likeness (QED) is 0.914. The van der Waals surface area contributed by atoms with Gasteiger partial charge in [0.1, 0.15) is 5.82 Å². The number of hydrogen-bond donors (Lipinski definition) is 1. The summed E-state index contributed by atoms with van der Waals surface area (Å²) in [6.07, 6.45) is 1.63. The summed E-state index contributed by atoms with van der Waals surface area (Å²) in [6, 6.07) is 9.88. The molecule has 0 radical (unpaired) electrons. The molecule has 3 rings (SSSR count). The first-order valence-corrected chi connectivity index (χ1v) is 7.68. The van der Waals surface area contributed by atoms with Gasteiger partial charge in [-0.15, -0.1) is 0 Å². The van der Waals surface area contributed by atoms with Crippen LogP contribution in [0.1, 0.15) is 5.56 Å². The van der Waals surface area contributed by atoms with Crippen LogP contribution in [0.15, 0.2) is 47.4 Å². The Balaban J connectivity index is 0.000000203. The smallest absolute Gasteiger partial charge is 0.266 e. The fourth-order valence-corrected chi connectivity index (χ4v) is 2.20. The van der Waals surface area contributed by atoms with Crippen LogP contribution in [-0.2, 0) is 11.3 Å². The summed E-state index contributed by atoms with van der Waals surface area (Å²) in [4.78, 5) is 11.4. The third-order valence-electron chi connectivity index (χ3n) is 3.50. The third-order valence-corrected chi connectivity index (χ3v) is 3.50. The van der Waals surface area contributed by atoms with Gasteiger partial charge in [0.2, 0.25) is 0 Å². The van der Waals surface area contributed by atoms with Gasteiger partial charge in [0.05, 0.1) is 19.8 Å². The lowest BCUT2D eigenvalue weighted by atomic mass is 10.1. The van der Waals surface area contributed by atoms with Crippen LogP contribution in [-0.4, -0.2) is 36.1 Å². The summed E-state index contributed by atoms with van der Waals surface area (Å²) in [5.74, 6) is 0.188. The van der Waals surface area contributed by atoms with Crippen molar-refractivity contribution in [2.75, 3.05) is 26.3 Å². The van der Waals surface area contributed by atoms with E-state index < -0.39 is 0 Å². The molecule has 2 heterocycles. The molecule has 1 unspecified atom stereocenters. The van der Waals surface area contributed by atoms with Crippen molar-refractivity contribution in [1.82, 2.24) is 15.1 Å². The molecule has 1 aliphatic rings. The van der Waals surface area contributed by atoms with E-state index in [1.807, 2.05) is 6.07 Å². The lowest BCUT2D eigenvalue weighted by Crippen LogP contribution is -2.31. The van der Waals surface area contributed by atoms with Gasteiger partial charge in [-0.25, -0.2) is 9.07 Å². The van der Waals surface area contributed by atoms with E-state index in [2.05, 4.69) is 10.4 Å². The molecule has 0 amide bonds. The first kappa shape index (κ1) is 17.3. The van der Waals surface area contributed by atoms with Gasteiger partial charge in [0.25, 0.3) is 5.56 Å². The summed E-state index contributed by atoms with van der Waals surface area (Å²) in [5.41, 5.74) is 0.647. The minimum atomic E-state index is -0.132. The van der Waals surface area contributed by atoms with Crippen LogP contribution in [0, 0.1) is 18.7 Å². The molecule has 1 aromatic heterocycles. The summed E-state index contributed by atoms with van der Waals surface area (Å²) >= 11 is 0. The third kappa shape index (κ3) is 5.92. The zero-order chi connectivity index (χ0) is 16.5. The van der Waals surface area contributed by atoms with Crippen molar-refractivity contribution in [3.8, 4) is 0 Å². The predicted molar refractivity (Wildman–Crippen MR) is 86.8 cm³/mol. The van der Waals surface area contributed by atoms with Gasteiger partial charge in [0, 0.05) is 31.3 Å². The van der Waals surface area contributed by atoms with E-state index in [9.17, 15) is 9.18 Å². The van der Waals surface area contributed by atoms with Gasteiger partial charge in [-0.1, -0.05) is 18.2 Å². The minimum absolute atomic E-state index is 0.0539. The van der Waals surface area contributed by atoms with Crippen molar-refractivity contribution in [3.05, 3.63) is 64.3 Å². The van der Waals surface area contributed by atoms with E-state index in [-0.39, 0.29) is 11.4 Å². The van der Waals surface area contributed by atoms with Gasteiger partial charge in [-0.3, -0.25) is 4.79 Å². The SMILES string of the molecule is Cc1ccccc1F.O=c1cccnn1CC1CNCCOC1. The molecule has 1 N–H and O–H groups in total. The first-order chi connectivity index (χ1) is 11.2. The molecule has 1 fully saturated rings. The number of nitrogens with zero attached hydrogens (tertiary/aromatic N) is 2. The first-order valence-electron chi connectivity index (χ1n) is 7.68. The Hall–Kier alpha value is -2.05. The molecule has 0 aliphatic carbocycles. The average molecular weight is 319 g/mol. The van der Waals surface area contributed by atoms with Crippen molar-refractivity contribution in [3.63, 3.8) is 0 Å². The van der Waals surface area contributed by atoms with Crippen LogP contribution in [0.3, 0.4) is 0 Å². The van der Waals surface area contributed by atoms with Crippen LogP contribution in [0.25, 0.3) is 0 Å². The maximum absolute atomic E-state index is 12.3. The number of aryl methyl sites for hydroxylation is 1. The van der Waals surface area contributed by atoms with E-state index >= 15 is 0 Å². The number of benzene rings is 1. The molecule has 1 saturated heterocycles. The maximum atomic E-state index is 12.3. The molecule has 0 bridgehead atoms. The zero-order valence-corrected chi connectivity index (χ0v) is 13.2. The Morgan fingerprint density at radius 3 is 2.87 bits per heavy atom. The molecule has 23 heavy (non-hydrogen) atoms. The summed E-state index contributed by atoms with van der Waals surface area (Å²) in [5, 5.41) is 7.29. The normalized spacial score (nSPS) is 17.7. The second-order valence-corrected chi connectivity index (χ2v) is 5.44. The molecule has 0 saturated carbocycles. The van der Waals surface area contributed by atoms with Gasteiger partial charge < -0.3 is 10.1 Å². The highest BCUT2D eigenvalue weighted by atomic mass is 19.1. The van der Waals surface area contributed by atoms with Crippen LogP contribution in [0.2, 0.25) is 0 Å². The number of nitrogens with one attached hydrogen (secondary N) is 1. The zero-order valence-electron chi connectivity index (χ0n) is 13.2. The molecule has 0 spiro atoms. The molecule has 1 aromatic carbocycles. The fourth-order valence-electron chi connectivity index (χ4n) is 2.20. The van der Waals surface area contributed by atoms with Gasteiger partial charge >= 0.3 is 0 Å². The second-order valence-electron chi connectivity index (χ2n) is 5.44. The monoisotopic (exact) mass is 319 g/mol. The summed E-state index contributed by atoms with van der Waals surface area (Å²) in [7, 11) is 0. The number of hydrogen-bond acceptors (Lipinski definition) is 4. The number of aromatic nitrogens is 2. The molecule has 1 aliphatic heterocycles. The van der Waals surface area contributed by atoms with Crippen molar-refractivity contribution < 1.29 is 9.13 Å². The Bertz CT molecular complexity index is 631. The predicted octanol–water partition coefficient (Wildman–Crippen LogP) is 1.61. The minimum Gasteiger partial charge on any atom is -0.380 e. The maximum Gasteiger partial charge on any atom is 0.266 e. The van der Waals surface area contributed by atoms with Gasteiger partial charge in [-0.2, -0.15) is 5.10 Å². The lowest BCUT2D eigenvalue weighted by Gasteiger charge is -2.13. The molecule has 6 heteroatoms. The summed E-state index contributed by atoms with van der Waals surface area (Å²) < 4.78 is 19.2. The van der Waals surface area contributed by atoms with Gasteiger partial charge in [-0.05, 0) is 24.6 Å². The standard InChI is InChI=1S/C10H15N3O2.C7H7F/c14-10-2-1-3-12-13(10)7-9-6-11-4-5-15-8-9;1-6-4-2-3-5-7(6)8/h1-3,9,11H,4-8H2;2-5H,1H3. The van der Waals surface area contributed by atoms with Crippen LogP contribution in [0.4, 0.5) is 4.39 Å². The van der Waals surface area contributed by atoms with Crippen molar-refractivity contribution in [2.24, 2.45) is 5.92 Å². The van der Waals surface area contributed by atoms with E-state index in [0.717, 1.165) is 19.7 Å². The summed E-state index contributed by atoms with van der Waals surface area (Å²) in [6.45, 7) is 5.56. The van der Waals surface area contributed by atoms with Crippen molar-refractivity contribution >= 4 is 0 Å². The van der Waals surface area contributed by atoms with Crippen LogP contribution < -0.4 is 10.9 Å². The van der Waals surface area contributed by atoms with Crippen molar-refractivity contribution in [1.29, 1.82) is 0 Å². The Morgan fingerprint density at radius 1 is 1.35 bits per heavy atom.